The van der Waals surface area contributed by atoms with Gasteiger partial charge in [0.2, 0.25) is 0 Å². The second kappa shape index (κ2) is 6.77. The van der Waals surface area contributed by atoms with Crippen LogP contribution in [0.5, 0.6) is 0 Å². The first-order valence-corrected chi connectivity index (χ1v) is 8.40. The fourth-order valence-corrected chi connectivity index (χ4v) is 3.57. The second-order valence-corrected chi connectivity index (χ2v) is 6.30. The van der Waals surface area contributed by atoms with Crippen LogP contribution in [0.2, 0.25) is 0 Å². The van der Waals surface area contributed by atoms with Crippen LogP contribution in [0.3, 0.4) is 0 Å². The molecular formula is C17H28N2O. The van der Waals surface area contributed by atoms with Gasteiger partial charge in [0.25, 0.3) is 0 Å². The molecule has 0 amide bonds. The monoisotopic (exact) mass is 276 g/mol. The van der Waals surface area contributed by atoms with E-state index < -0.39 is 0 Å². The minimum atomic E-state index is 0.503. The molecule has 3 heteroatoms. The van der Waals surface area contributed by atoms with Crippen LogP contribution in [-0.2, 0) is 17.7 Å². The van der Waals surface area contributed by atoms with Crippen LogP contribution < -0.4 is 5.32 Å². The van der Waals surface area contributed by atoms with E-state index in [9.17, 15) is 0 Å². The number of hydrogen-bond acceptors (Lipinski definition) is 2. The van der Waals surface area contributed by atoms with Crippen LogP contribution in [-0.4, -0.2) is 23.8 Å². The first kappa shape index (κ1) is 14.2. The Hall–Kier alpha value is -0.800. The van der Waals surface area contributed by atoms with Gasteiger partial charge in [-0.2, -0.15) is 0 Å². The average Bonchev–Trinajstić information content (AvgIpc) is 3.11. The largest absolute Gasteiger partial charge is 0.378 e. The standard InChI is InChI=1S/C17H28N2O/c1-2-9-18-17-7-3-5-14-12-19(13-16(14)17)10-8-15-6-4-11-20-15/h12-13,15,17-18H,2-11H2,1H3. The molecule has 0 aromatic carbocycles. The quantitative estimate of drug-likeness (QED) is 0.861. The maximum atomic E-state index is 5.73. The molecule has 1 aliphatic carbocycles. The normalized spacial score (nSPS) is 25.9. The summed E-state index contributed by atoms with van der Waals surface area (Å²) in [6, 6.07) is 0.586. The smallest absolute Gasteiger partial charge is 0.0593 e. The lowest BCUT2D eigenvalue weighted by Gasteiger charge is -2.23. The fraction of sp³-hybridized carbons (Fsp3) is 0.765. The van der Waals surface area contributed by atoms with Gasteiger partial charge in [-0.3, -0.25) is 0 Å². The number of rotatable bonds is 6. The molecule has 3 nitrogen and oxygen atoms in total. The molecular weight excluding hydrogens is 248 g/mol. The van der Waals surface area contributed by atoms with Crippen LogP contribution in [0.15, 0.2) is 12.4 Å². The van der Waals surface area contributed by atoms with E-state index >= 15 is 0 Å². The summed E-state index contributed by atoms with van der Waals surface area (Å²) in [5.41, 5.74) is 3.12. The summed E-state index contributed by atoms with van der Waals surface area (Å²) in [4.78, 5) is 0. The molecule has 1 aromatic heterocycles. The third-order valence-corrected chi connectivity index (χ3v) is 4.69. The molecule has 0 radical (unpaired) electrons. The van der Waals surface area contributed by atoms with E-state index in [0.717, 1.165) is 19.7 Å². The third kappa shape index (κ3) is 3.26. The molecule has 1 aliphatic heterocycles. The van der Waals surface area contributed by atoms with Gasteiger partial charge < -0.3 is 14.6 Å². The Morgan fingerprint density at radius 2 is 2.25 bits per heavy atom. The van der Waals surface area contributed by atoms with Gasteiger partial charge in [-0.15, -0.1) is 0 Å². The lowest BCUT2D eigenvalue weighted by atomic mass is 9.91. The van der Waals surface area contributed by atoms with Gasteiger partial charge >= 0.3 is 0 Å². The Kier molecular flexibility index (Phi) is 4.79. The van der Waals surface area contributed by atoms with Crippen molar-refractivity contribution in [3.63, 3.8) is 0 Å². The summed E-state index contributed by atoms with van der Waals surface area (Å²) in [5.74, 6) is 0. The highest BCUT2D eigenvalue weighted by molar-refractivity contribution is 5.30. The van der Waals surface area contributed by atoms with Crippen molar-refractivity contribution < 1.29 is 4.74 Å². The summed E-state index contributed by atoms with van der Waals surface area (Å²) in [6.07, 6.45) is 14.0. The van der Waals surface area contributed by atoms with Crippen molar-refractivity contribution in [1.29, 1.82) is 0 Å². The summed E-state index contributed by atoms with van der Waals surface area (Å²) in [6.45, 7) is 5.45. The van der Waals surface area contributed by atoms with Crippen molar-refractivity contribution >= 4 is 0 Å². The van der Waals surface area contributed by atoms with Crippen LogP contribution in [0.25, 0.3) is 0 Å². The van der Waals surface area contributed by atoms with E-state index in [1.165, 1.54) is 44.9 Å². The summed E-state index contributed by atoms with van der Waals surface area (Å²) in [5, 5.41) is 3.70. The van der Waals surface area contributed by atoms with Crippen molar-refractivity contribution in [1.82, 2.24) is 9.88 Å². The Labute approximate surface area is 122 Å². The molecule has 0 saturated carbocycles. The molecule has 20 heavy (non-hydrogen) atoms. The molecule has 0 spiro atoms. The van der Waals surface area contributed by atoms with Crippen molar-refractivity contribution in [2.75, 3.05) is 13.2 Å². The average molecular weight is 276 g/mol. The summed E-state index contributed by atoms with van der Waals surface area (Å²) < 4.78 is 8.13. The maximum absolute atomic E-state index is 5.73. The molecule has 1 aromatic rings. The summed E-state index contributed by atoms with van der Waals surface area (Å²) >= 11 is 0. The van der Waals surface area contributed by atoms with E-state index in [2.05, 4.69) is 29.2 Å². The zero-order chi connectivity index (χ0) is 13.8. The fourth-order valence-electron chi connectivity index (χ4n) is 3.57. The molecule has 2 unspecified atom stereocenters. The molecule has 112 valence electrons. The zero-order valence-electron chi connectivity index (χ0n) is 12.7. The predicted molar refractivity (Wildman–Crippen MR) is 82.0 cm³/mol. The highest BCUT2D eigenvalue weighted by Gasteiger charge is 2.22. The second-order valence-electron chi connectivity index (χ2n) is 6.30. The van der Waals surface area contributed by atoms with Gasteiger partial charge in [0.1, 0.15) is 0 Å². The lowest BCUT2D eigenvalue weighted by Crippen LogP contribution is -2.24. The molecule has 2 heterocycles. The summed E-state index contributed by atoms with van der Waals surface area (Å²) in [7, 11) is 0. The van der Waals surface area contributed by atoms with Crippen LogP contribution in [0.1, 0.15) is 62.6 Å². The molecule has 1 saturated heterocycles. The van der Waals surface area contributed by atoms with Gasteiger partial charge in [-0.25, -0.2) is 0 Å². The van der Waals surface area contributed by atoms with E-state index in [1.54, 1.807) is 11.1 Å². The lowest BCUT2D eigenvalue weighted by molar-refractivity contribution is 0.100. The Bertz CT molecular complexity index is 421. The number of ether oxygens (including phenoxy) is 1. The predicted octanol–water partition coefficient (Wildman–Crippen LogP) is 3.43. The van der Waals surface area contributed by atoms with E-state index in [0.29, 0.717) is 12.1 Å². The molecule has 2 atom stereocenters. The molecule has 1 fully saturated rings. The van der Waals surface area contributed by atoms with Gasteiger partial charge in [-0.1, -0.05) is 6.92 Å². The molecule has 0 bridgehead atoms. The highest BCUT2D eigenvalue weighted by Crippen LogP contribution is 2.30. The first-order chi connectivity index (χ1) is 9.86. The Morgan fingerprint density at radius 3 is 3.05 bits per heavy atom. The van der Waals surface area contributed by atoms with Gasteiger partial charge in [0.15, 0.2) is 0 Å². The van der Waals surface area contributed by atoms with Crippen LogP contribution >= 0.6 is 0 Å². The Morgan fingerprint density at radius 1 is 1.30 bits per heavy atom. The number of fused-ring (bicyclic) bond motifs is 1. The molecule has 2 aliphatic rings. The number of aryl methyl sites for hydroxylation is 2. The van der Waals surface area contributed by atoms with Crippen molar-refractivity contribution in [3.8, 4) is 0 Å². The number of nitrogens with one attached hydrogen (secondary N) is 1. The third-order valence-electron chi connectivity index (χ3n) is 4.69. The zero-order valence-corrected chi connectivity index (χ0v) is 12.7. The van der Waals surface area contributed by atoms with Crippen molar-refractivity contribution in [3.05, 3.63) is 23.5 Å². The number of aromatic nitrogens is 1. The number of hydrogen-bond donors (Lipinski definition) is 1. The van der Waals surface area contributed by atoms with E-state index in [1.807, 2.05) is 0 Å². The first-order valence-electron chi connectivity index (χ1n) is 8.40. The van der Waals surface area contributed by atoms with Gasteiger partial charge in [-0.05, 0) is 62.6 Å². The van der Waals surface area contributed by atoms with Crippen LogP contribution in [0.4, 0.5) is 0 Å². The SMILES string of the molecule is CCCNC1CCCc2cn(CCC3CCCO3)cc21. The van der Waals surface area contributed by atoms with Crippen molar-refractivity contribution in [2.45, 2.75) is 70.6 Å². The Balaban J connectivity index is 1.61. The van der Waals surface area contributed by atoms with Crippen molar-refractivity contribution in [2.24, 2.45) is 0 Å². The van der Waals surface area contributed by atoms with Gasteiger partial charge in [0, 0.05) is 31.6 Å². The van der Waals surface area contributed by atoms with Crippen LogP contribution in [0, 0.1) is 0 Å². The molecule has 1 N–H and O–H groups in total. The minimum absolute atomic E-state index is 0.503. The maximum Gasteiger partial charge on any atom is 0.0593 e. The minimum Gasteiger partial charge on any atom is -0.378 e. The van der Waals surface area contributed by atoms with E-state index in [-0.39, 0.29) is 0 Å². The topological polar surface area (TPSA) is 26.2 Å². The van der Waals surface area contributed by atoms with E-state index in [4.69, 9.17) is 4.74 Å². The van der Waals surface area contributed by atoms with Gasteiger partial charge in [0.05, 0.1) is 6.10 Å². The molecule has 3 rings (SSSR count). The highest BCUT2D eigenvalue weighted by atomic mass is 16.5. The number of nitrogens with zero attached hydrogens (tertiary/aromatic N) is 1.